The molecule has 0 radical (unpaired) electrons. The molecule has 1 aliphatic rings. The predicted molar refractivity (Wildman–Crippen MR) is 54.4 cm³/mol. The summed E-state index contributed by atoms with van der Waals surface area (Å²) in [6.07, 6.45) is 0. The minimum Gasteiger partial charge on any atom is -0.317 e. The minimum atomic E-state index is -5.96. The summed E-state index contributed by atoms with van der Waals surface area (Å²) in [5.74, 6) is -17.2. The van der Waals surface area contributed by atoms with Gasteiger partial charge in [-0.1, -0.05) is 58.0 Å². The van der Waals surface area contributed by atoms with Crippen molar-refractivity contribution in [1.82, 2.24) is 0 Å². The van der Waals surface area contributed by atoms with Crippen molar-refractivity contribution in [3.05, 3.63) is 0 Å². The van der Waals surface area contributed by atoms with Crippen molar-refractivity contribution in [2.24, 2.45) is 0 Å². The number of rotatable bonds is 2. The van der Waals surface area contributed by atoms with Gasteiger partial charge in [0.1, 0.15) is 0 Å². The third-order valence-corrected chi connectivity index (χ3v) is 4.23. The first kappa shape index (κ1) is 17.0. The largest absolute Gasteiger partial charge is 0.379 e. The lowest BCUT2D eigenvalue weighted by Gasteiger charge is -2.34. The van der Waals surface area contributed by atoms with Gasteiger partial charge in [0.2, 0.25) is 9.36 Å². The summed E-state index contributed by atoms with van der Waals surface area (Å²) in [6.45, 7) is 0. The van der Waals surface area contributed by atoms with Crippen molar-refractivity contribution >= 4 is 58.0 Å². The van der Waals surface area contributed by atoms with Gasteiger partial charge in [-0.25, -0.2) is 0 Å². The molecule has 1 aliphatic carbocycles. The van der Waals surface area contributed by atoms with Crippen LogP contribution in [-0.2, 0) is 4.74 Å². The second kappa shape index (κ2) is 4.24. The van der Waals surface area contributed by atoms with Crippen molar-refractivity contribution in [3.8, 4) is 0 Å². The number of halogens is 11. The summed E-state index contributed by atoms with van der Waals surface area (Å²) in [4.78, 5) is 0. The maximum Gasteiger partial charge on any atom is 0.379 e. The number of hydrogen-bond acceptors (Lipinski definition) is 1. The molecular formula is C6HCl5F6O. The van der Waals surface area contributed by atoms with E-state index in [4.69, 9.17) is 58.0 Å². The first-order valence-corrected chi connectivity index (χ1v) is 5.83. The molecule has 0 saturated heterocycles. The van der Waals surface area contributed by atoms with Crippen LogP contribution in [0.25, 0.3) is 0 Å². The minimum absolute atomic E-state index is 2.24. The van der Waals surface area contributed by atoms with Crippen LogP contribution in [0.4, 0.5) is 26.3 Å². The summed E-state index contributed by atoms with van der Waals surface area (Å²) in [5, 5.41) is -6.46. The molecule has 0 aromatic carbocycles. The number of ether oxygens (including phenoxy) is 1. The molecule has 1 unspecified atom stereocenters. The van der Waals surface area contributed by atoms with Gasteiger partial charge < -0.3 is 4.74 Å². The first-order valence-electron chi connectivity index (χ1n) is 3.83. The molecule has 0 bridgehead atoms. The second-order valence-corrected chi connectivity index (χ2v) is 6.15. The monoisotopic (exact) mass is 378 g/mol. The molecule has 18 heavy (non-hydrogen) atoms. The van der Waals surface area contributed by atoms with Crippen LogP contribution in [0, 0.1) is 0 Å². The quantitative estimate of drug-likeness (QED) is 0.494. The molecule has 108 valence electrons. The van der Waals surface area contributed by atoms with Crippen molar-refractivity contribution in [1.29, 1.82) is 0 Å². The molecule has 1 nitrogen and oxygen atoms in total. The predicted octanol–water partition coefficient (Wildman–Crippen LogP) is 4.79. The Kier molecular flexibility index (Phi) is 4.02. The van der Waals surface area contributed by atoms with Crippen LogP contribution < -0.4 is 0 Å². The molecule has 1 rings (SSSR count). The van der Waals surface area contributed by atoms with E-state index >= 15 is 0 Å². The highest BCUT2D eigenvalue weighted by molar-refractivity contribution is 6.55. The summed E-state index contributed by atoms with van der Waals surface area (Å²) in [7, 11) is 0. The van der Waals surface area contributed by atoms with Gasteiger partial charge in [0.15, 0.2) is 0 Å². The smallest absolute Gasteiger partial charge is 0.317 e. The lowest BCUT2D eigenvalue weighted by molar-refractivity contribution is -0.289. The van der Waals surface area contributed by atoms with E-state index in [1.165, 1.54) is 0 Å². The summed E-state index contributed by atoms with van der Waals surface area (Å²) in [5.41, 5.74) is 0. The van der Waals surface area contributed by atoms with Gasteiger partial charge in [-0.05, 0) is 0 Å². The van der Waals surface area contributed by atoms with Crippen molar-refractivity contribution in [3.63, 3.8) is 0 Å². The highest BCUT2D eigenvalue weighted by Gasteiger charge is 2.97. The molecule has 0 aromatic heterocycles. The molecule has 0 amide bonds. The Hall–Kier alpha value is 0.990. The fraction of sp³-hybridized carbons (Fsp3) is 1.00. The number of alkyl halides is 11. The zero-order valence-corrected chi connectivity index (χ0v) is 11.4. The Balaban J connectivity index is 3.52. The third-order valence-electron chi connectivity index (χ3n) is 2.24. The number of hydrogen-bond donors (Lipinski definition) is 0. The average molecular weight is 380 g/mol. The molecule has 12 heteroatoms. The van der Waals surface area contributed by atoms with Crippen LogP contribution in [0.2, 0.25) is 0 Å². The van der Waals surface area contributed by atoms with Gasteiger partial charge >= 0.3 is 17.8 Å². The Morgan fingerprint density at radius 1 is 0.722 bits per heavy atom. The van der Waals surface area contributed by atoms with Crippen LogP contribution in [0.3, 0.4) is 0 Å². The molecule has 0 aromatic rings. The standard InChI is InChI=1S/C6HCl5F6O/c7-1(8)18-3(11)2(9,10)4(12,13)6(16,17)5(3,14)15/h1H. The van der Waals surface area contributed by atoms with E-state index in [0.29, 0.717) is 0 Å². The van der Waals surface area contributed by atoms with E-state index in [9.17, 15) is 26.3 Å². The van der Waals surface area contributed by atoms with Gasteiger partial charge in [-0.15, -0.1) is 0 Å². The molecule has 0 aliphatic heterocycles. The first-order chi connectivity index (χ1) is 7.67. The van der Waals surface area contributed by atoms with Gasteiger partial charge in [0.25, 0.3) is 5.06 Å². The van der Waals surface area contributed by atoms with Gasteiger partial charge in [-0.2, -0.15) is 26.3 Å². The summed E-state index contributed by atoms with van der Waals surface area (Å²) >= 11 is 24.5. The normalized spacial score (nSPS) is 36.0. The molecule has 0 heterocycles. The van der Waals surface area contributed by atoms with Gasteiger partial charge in [0.05, 0.1) is 0 Å². The van der Waals surface area contributed by atoms with Crippen LogP contribution >= 0.6 is 58.0 Å². The van der Waals surface area contributed by atoms with E-state index in [-0.39, 0.29) is 0 Å². The van der Waals surface area contributed by atoms with E-state index in [1.54, 1.807) is 0 Å². The van der Waals surface area contributed by atoms with E-state index in [1.807, 2.05) is 0 Å². The van der Waals surface area contributed by atoms with E-state index in [0.717, 1.165) is 0 Å². The highest BCUT2D eigenvalue weighted by Crippen LogP contribution is 2.72. The maximum absolute atomic E-state index is 13.3. The topological polar surface area (TPSA) is 9.23 Å². The zero-order chi connectivity index (χ0) is 14.8. The lowest BCUT2D eigenvalue weighted by Crippen LogP contribution is -2.55. The zero-order valence-electron chi connectivity index (χ0n) is 7.64. The molecule has 1 saturated carbocycles. The highest BCUT2D eigenvalue weighted by atomic mass is 35.5. The molecule has 0 spiro atoms. The van der Waals surface area contributed by atoms with Gasteiger partial charge in [0, 0.05) is 0 Å². The van der Waals surface area contributed by atoms with Crippen molar-refractivity contribution in [2.45, 2.75) is 32.2 Å². The third kappa shape index (κ3) is 1.67. The molecule has 1 atom stereocenters. The van der Waals surface area contributed by atoms with Crippen molar-refractivity contribution < 1.29 is 31.1 Å². The van der Waals surface area contributed by atoms with Crippen LogP contribution in [0.1, 0.15) is 0 Å². The van der Waals surface area contributed by atoms with Crippen LogP contribution in [0.5, 0.6) is 0 Å². The Labute approximate surface area is 121 Å². The molecule has 0 N–H and O–H groups in total. The molecule has 1 fully saturated rings. The van der Waals surface area contributed by atoms with Crippen LogP contribution in [-0.4, -0.2) is 32.2 Å². The maximum atomic E-state index is 13.3. The Morgan fingerprint density at radius 2 is 1.11 bits per heavy atom. The van der Waals surface area contributed by atoms with E-state index in [2.05, 4.69) is 4.74 Å². The fourth-order valence-corrected chi connectivity index (χ4v) is 2.51. The Morgan fingerprint density at radius 3 is 1.33 bits per heavy atom. The summed E-state index contributed by atoms with van der Waals surface area (Å²) in [6, 6.07) is 0. The Bertz CT molecular complexity index is 332. The summed E-state index contributed by atoms with van der Waals surface area (Å²) < 4.78 is 78.8. The average Bonchev–Trinajstić information content (AvgIpc) is 2.17. The second-order valence-electron chi connectivity index (χ2n) is 3.27. The SMILES string of the molecule is FC1(F)C(F)(F)C(Cl)(Cl)C(Cl)(OC(Cl)Cl)C1(F)F. The van der Waals surface area contributed by atoms with Gasteiger partial charge in [-0.3, -0.25) is 0 Å². The fourth-order valence-electron chi connectivity index (χ4n) is 1.27. The molecular weight excluding hydrogens is 379 g/mol. The van der Waals surface area contributed by atoms with Crippen molar-refractivity contribution in [2.75, 3.05) is 0 Å². The lowest BCUT2D eigenvalue weighted by atomic mass is 10.2. The van der Waals surface area contributed by atoms with Crippen LogP contribution in [0.15, 0.2) is 0 Å². The van der Waals surface area contributed by atoms with E-state index < -0.39 is 32.2 Å².